The Balaban J connectivity index is 2.49. The molecule has 0 aromatic rings. The molecule has 0 spiro atoms. The summed E-state index contributed by atoms with van der Waals surface area (Å²) in [6.07, 6.45) is 4.21. The monoisotopic (exact) mass is 196 g/mol. The van der Waals surface area contributed by atoms with Crippen LogP contribution < -0.4 is 0 Å². The van der Waals surface area contributed by atoms with Crippen molar-refractivity contribution in [1.29, 1.82) is 0 Å². The van der Waals surface area contributed by atoms with Crippen LogP contribution in [-0.4, -0.2) is 21.9 Å². The number of rotatable bonds is 0. The van der Waals surface area contributed by atoms with Gasteiger partial charge >= 0.3 is 0 Å². The highest BCUT2D eigenvalue weighted by atomic mass is 16.5. The minimum atomic E-state index is -0.661. The molecule has 0 aromatic heterocycles. The van der Waals surface area contributed by atoms with Gasteiger partial charge in [-0.1, -0.05) is 26.0 Å². The Bertz CT molecular complexity index is 269. The molecule has 80 valence electrons. The molecule has 0 aliphatic carbocycles. The first kappa shape index (κ1) is 10.2. The lowest BCUT2D eigenvalue weighted by Crippen LogP contribution is -2.62. The van der Waals surface area contributed by atoms with Crippen LogP contribution in [0.25, 0.3) is 0 Å². The molecule has 2 nitrogen and oxygen atoms in total. The molecule has 0 aromatic carbocycles. The third-order valence-electron chi connectivity index (χ3n) is 4.66. The van der Waals surface area contributed by atoms with Gasteiger partial charge in [-0.05, 0) is 20.8 Å². The Morgan fingerprint density at radius 2 is 1.36 bits per heavy atom. The number of aliphatic hydroxyl groups is 1. The number of hydrogen-bond acceptors (Lipinski definition) is 2. The van der Waals surface area contributed by atoms with E-state index in [9.17, 15) is 5.11 Å². The first-order chi connectivity index (χ1) is 6.22. The van der Waals surface area contributed by atoms with Crippen LogP contribution in [0.15, 0.2) is 12.2 Å². The van der Waals surface area contributed by atoms with E-state index in [4.69, 9.17) is 4.74 Å². The smallest absolute Gasteiger partial charge is 0.0900 e. The van der Waals surface area contributed by atoms with E-state index in [0.29, 0.717) is 0 Å². The van der Waals surface area contributed by atoms with Gasteiger partial charge in [0.05, 0.1) is 16.8 Å². The van der Waals surface area contributed by atoms with Crippen LogP contribution in [0.3, 0.4) is 0 Å². The van der Waals surface area contributed by atoms with Gasteiger partial charge < -0.3 is 9.84 Å². The fourth-order valence-electron chi connectivity index (χ4n) is 2.87. The molecule has 0 radical (unpaired) electrons. The summed E-state index contributed by atoms with van der Waals surface area (Å²) in [5.74, 6) is 0.244. The molecule has 0 unspecified atom stereocenters. The molecule has 5 atom stereocenters. The van der Waals surface area contributed by atoms with Gasteiger partial charge in [0.15, 0.2) is 0 Å². The zero-order valence-electron chi connectivity index (χ0n) is 9.66. The second-order valence-electron chi connectivity index (χ2n) is 5.47. The predicted molar refractivity (Wildman–Crippen MR) is 56.0 cm³/mol. The molecule has 1 saturated heterocycles. The summed E-state index contributed by atoms with van der Waals surface area (Å²) in [5.41, 5.74) is -1.26. The van der Waals surface area contributed by atoms with Crippen LogP contribution in [0.5, 0.6) is 0 Å². The Hall–Kier alpha value is -0.340. The van der Waals surface area contributed by atoms with Crippen molar-refractivity contribution >= 4 is 0 Å². The highest BCUT2D eigenvalue weighted by Gasteiger charge is 2.60. The third kappa shape index (κ3) is 0.986. The molecule has 0 amide bonds. The minimum Gasteiger partial charge on any atom is -0.389 e. The zero-order valence-corrected chi connectivity index (χ0v) is 9.66. The maximum Gasteiger partial charge on any atom is 0.0900 e. The van der Waals surface area contributed by atoms with E-state index in [1.54, 1.807) is 0 Å². The van der Waals surface area contributed by atoms with E-state index in [-0.39, 0.29) is 23.0 Å². The van der Waals surface area contributed by atoms with Crippen LogP contribution in [0.1, 0.15) is 34.6 Å². The SMILES string of the molecule is C[C@@H]1[C@](C)(O)[C@H](C)[C@]2(C)C=C[C@@]1(C)O2. The Morgan fingerprint density at radius 3 is 1.71 bits per heavy atom. The summed E-state index contributed by atoms with van der Waals surface area (Å²) in [6.45, 7) is 10.2. The normalized spacial score (nSPS) is 61.9. The largest absolute Gasteiger partial charge is 0.389 e. The lowest BCUT2D eigenvalue weighted by Gasteiger charge is -2.54. The predicted octanol–water partition coefficient (Wildman–Crippen LogP) is 2.13. The Morgan fingerprint density at radius 1 is 1.00 bits per heavy atom. The number of fused-ring (bicyclic) bond motifs is 2. The van der Waals surface area contributed by atoms with Gasteiger partial charge in [-0.15, -0.1) is 0 Å². The van der Waals surface area contributed by atoms with Gasteiger partial charge in [0.1, 0.15) is 0 Å². The van der Waals surface area contributed by atoms with Crippen molar-refractivity contribution in [2.45, 2.75) is 51.4 Å². The minimum absolute atomic E-state index is 0.122. The summed E-state index contributed by atoms with van der Waals surface area (Å²) in [4.78, 5) is 0. The van der Waals surface area contributed by atoms with Crippen molar-refractivity contribution in [2.75, 3.05) is 0 Å². The van der Waals surface area contributed by atoms with Crippen molar-refractivity contribution in [3.05, 3.63) is 12.2 Å². The highest BCUT2D eigenvalue weighted by Crippen LogP contribution is 2.53. The van der Waals surface area contributed by atoms with Crippen molar-refractivity contribution < 1.29 is 9.84 Å². The van der Waals surface area contributed by atoms with Gasteiger partial charge in [-0.25, -0.2) is 0 Å². The van der Waals surface area contributed by atoms with Crippen molar-refractivity contribution in [3.63, 3.8) is 0 Å². The van der Waals surface area contributed by atoms with Crippen LogP contribution in [0, 0.1) is 11.8 Å². The molecule has 14 heavy (non-hydrogen) atoms. The van der Waals surface area contributed by atoms with Gasteiger partial charge in [-0.2, -0.15) is 0 Å². The van der Waals surface area contributed by atoms with E-state index in [2.05, 4.69) is 39.8 Å². The maximum atomic E-state index is 10.5. The van der Waals surface area contributed by atoms with E-state index in [1.165, 1.54) is 0 Å². The first-order valence-corrected chi connectivity index (χ1v) is 5.35. The van der Waals surface area contributed by atoms with Crippen LogP contribution in [-0.2, 0) is 4.74 Å². The molecular weight excluding hydrogens is 176 g/mol. The molecule has 2 heterocycles. The van der Waals surface area contributed by atoms with Gasteiger partial charge in [0, 0.05) is 11.8 Å². The average Bonchev–Trinajstić information content (AvgIpc) is 2.39. The standard InChI is InChI=1S/C12H20O2/c1-8-10(3)6-7-11(4,14-10)9(2)12(8,5)13/h6-9,13H,1-5H3/t8-,9+,10+,11-,12-. The van der Waals surface area contributed by atoms with Crippen molar-refractivity contribution in [2.24, 2.45) is 11.8 Å². The van der Waals surface area contributed by atoms with Crippen LogP contribution in [0.2, 0.25) is 0 Å². The van der Waals surface area contributed by atoms with Crippen LogP contribution in [0.4, 0.5) is 0 Å². The number of hydrogen-bond donors (Lipinski definition) is 1. The lowest BCUT2D eigenvalue weighted by molar-refractivity contribution is -0.245. The summed E-state index contributed by atoms with van der Waals surface area (Å²) in [6, 6.07) is 0. The molecule has 1 fully saturated rings. The highest BCUT2D eigenvalue weighted by molar-refractivity contribution is 5.26. The maximum absolute atomic E-state index is 10.5. The van der Waals surface area contributed by atoms with Crippen molar-refractivity contribution in [1.82, 2.24) is 0 Å². The lowest BCUT2D eigenvalue weighted by atomic mass is 9.67. The third-order valence-corrected chi connectivity index (χ3v) is 4.66. The Kier molecular flexibility index (Phi) is 1.76. The molecular formula is C12H20O2. The van der Waals surface area contributed by atoms with Crippen LogP contribution >= 0.6 is 0 Å². The summed E-state index contributed by atoms with van der Waals surface area (Å²) in [7, 11) is 0. The quantitative estimate of drug-likeness (QED) is 0.601. The second-order valence-corrected chi connectivity index (χ2v) is 5.47. The molecule has 0 saturated carbocycles. The number of ether oxygens (including phenoxy) is 1. The molecule has 2 bridgehead atoms. The fourth-order valence-corrected chi connectivity index (χ4v) is 2.87. The van der Waals surface area contributed by atoms with E-state index in [1.807, 2.05) is 6.92 Å². The van der Waals surface area contributed by atoms with E-state index < -0.39 is 5.60 Å². The van der Waals surface area contributed by atoms with E-state index in [0.717, 1.165) is 0 Å². The molecule has 2 rings (SSSR count). The first-order valence-electron chi connectivity index (χ1n) is 5.35. The van der Waals surface area contributed by atoms with E-state index >= 15 is 0 Å². The average molecular weight is 196 g/mol. The van der Waals surface area contributed by atoms with Crippen molar-refractivity contribution in [3.8, 4) is 0 Å². The summed E-state index contributed by atoms with van der Waals surface area (Å²) >= 11 is 0. The molecule has 2 aliphatic heterocycles. The topological polar surface area (TPSA) is 29.5 Å². The summed E-state index contributed by atoms with van der Waals surface area (Å²) < 4.78 is 6.06. The second kappa shape index (κ2) is 2.42. The van der Waals surface area contributed by atoms with Gasteiger partial charge in [0.2, 0.25) is 0 Å². The Labute approximate surface area is 86.0 Å². The zero-order chi connectivity index (χ0) is 10.8. The molecule has 1 N–H and O–H groups in total. The fraction of sp³-hybridized carbons (Fsp3) is 0.833. The summed E-state index contributed by atoms with van der Waals surface area (Å²) in [5, 5.41) is 10.5. The molecule has 2 heteroatoms. The van der Waals surface area contributed by atoms with Gasteiger partial charge in [0.25, 0.3) is 0 Å². The molecule has 2 aliphatic rings. The van der Waals surface area contributed by atoms with Gasteiger partial charge in [-0.3, -0.25) is 0 Å².